The number of hydrogen-bond acceptors (Lipinski definition) is 3. The van der Waals surface area contributed by atoms with Crippen LogP contribution in [0, 0.1) is 5.92 Å². The molecule has 1 aliphatic rings. The van der Waals surface area contributed by atoms with Crippen LogP contribution in [-0.4, -0.2) is 22.9 Å². The van der Waals surface area contributed by atoms with Gasteiger partial charge >= 0.3 is 0 Å². The molecular formula is C13H18ClNO2. The molecule has 0 aliphatic heterocycles. The molecule has 4 heteroatoms. The van der Waals surface area contributed by atoms with Gasteiger partial charge in [-0.2, -0.15) is 0 Å². The number of rotatable bonds is 4. The summed E-state index contributed by atoms with van der Waals surface area (Å²) >= 11 is 5.83. The lowest BCUT2D eigenvalue weighted by Gasteiger charge is -2.15. The standard InChI is InChI=1S/C13H18ClNO2/c14-11-6-9(4-5-13(11)17)7-15-8-10-2-1-3-12(10)16/h4-6,10,12,15-17H,1-3,7-8H2. The van der Waals surface area contributed by atoms with Crippen molar-refractivity contribution in [2.24, 2.45) is 5.92 Å². The summed E-state index contributed by atoms with van der Waals surface area (Å²) in [5, 5.41) is 22.7. The average molecular weight is 256 g/mol. The Balaban J connectivity index is 1.79. The maximum atomic E-state index is 9.67. The molecule has 1 saturated carbocycles. The van der Waals surface area contributed by atoms with Gasteiger partial charge in [0.2, 0.25) is 0 Å². The van der Waals surface area contributed by atoms with Crippen molar-refractivity contribution < 1.29 is 10.2 Å². The summed E-state index contributed by atoms with van der Waals surface area (Å²) in [6.45, 7) is 1.54. The third-order valence-electron chi connectivity index (χ3n) is 3.37. The lowest BCUT2D eigenvalue weighted by Crippen LogP contribution is -2.27. The number of aliphatic hydroxyl groups is 1. The van der Waals surface area contributed by atoms with Crippen LogP contribution in [0.3, 0.4) is 0 Å². The molecule has 1 aromatic carbocycles. The predicted octanol–water partition coefficient (Wildman–Crippen LogP) is 2.30. The van der Waals surface area contributed by atoms with Crippen LogP contribution in [0.2, 0.25) is 5.02 Å². The molecule has 0 spiro atoms. The van der Waals surface area contributed by atoms with E-state index in [2.05, 4.69) is 5.32 Å². The van der Waals surface area contributed by atoms with Crippen LogP contribution in [0.15, 0.2) is 18.2 Å². The van der Waals surface area contributed by atoms with Gasteiger partial charge in [-0.15, -0.1) is 0 Å². The van der Waals surface area contributed by atoms with E-state index in [1.54, 1.807) is 12.1 Å². The molecule has 2 atom stereocenters. The van der Waals surface area contributed by atoms with E-state index in [0.717, 1.165) is 31.4 Å². The second-order valence-electron chi connectivity index (χ2n) is 4.67. The molecule has 2 rings (SSSR count). The molecule has 3 nitrogen and oxygen atoms in total. The number of aromatic hydroxyl groups is 1. The Morgan fingerprint density at radius 1 is 1.35 bits per heavy atom. The average Bonchev–Trinajstić information content (AvgIpc) is 2.70. The van der Waals surface area contributed by atoms with Gasteiger partial charge in [0.1, 0.15) is 5.75 Å². The maximum Gasteiger partial charge on any atom is 0.134 e. The van der Waals surface area contributed by atoms with E-state index < -0.39 is 0 Å². The Morgan fingerprint density at radius 2 is 2.18 bits per heavy atom. The normalized spacial score (nSPS) is 24.1. The molecule has 3 N–H and O–H groups in total. The van der Waals surface area contributed by atoms with Crippen LogP contribution in [0.5, 0.6) is 5.75 Å². The third-order valence-corrected chi connectivity index (χ3v) is 3.67. The van der Waals surface area contributed by atoms with Gasteiger partial charge in [-0.25, -0.2) is 0 Å². The summed E-state index contributed by atoms with van der Waals surface area (Å²) in [5.74, 6) is 0.490. The number of hydrogen-bond donors (Lipinski definition) is 3. The minimum Gasteiger partial charge on any atom is -0.506 e. The smallest absolute Gasteiger partial charge is 0.134 e. The van der Waals surface area contributed by atoms with E-state index in [0.29, 0.717) is 17.5 Å². The zero-order valence-corrected chi connectivity index (χ0v) is 10.5. The summed E-state index contributed by atoms with van der Waals surface area (Å²) in [6, 6.07) is 5.21. The van der Waals surface area contributed by atoms with E-state index in [1.807, 2.05) is 6.07 Å². The Morgan fingerprint density at radius 3 is 2.82 bits per heavy atom. The second kappa shape index (κ2) is 5.71. The van der Waals surface area contributed by atoms with E-state index in [-0.39, 0.29) is 11.9 Å². The Kier molecular flexibility index (Phi) is 4.26. The van der Waals surface area contributed by atoms with Crippen molar-refractivity contribution in [1.82, 2.24) is 5.32 Å². The number of phenolic OH excluding ortho intramolecular Hbond substituents is 1. The Labute approximate surface area is 106 Å². The van der Waals surface area contributed by atoms with Gasteiger partial charge in [-0.1, -0.05) is 24.1 Å². The highest BCUT2D eigenvalue weighted by molar-refractivity contribution is 6.32. The summed E-state index contributed by atoms with van der Waals surface area (Å²) < 4.78 is 0. The molecule has 0 heterocycles. The SMILES string of the molecule is Oc1ccc(CNCC2CCCC2O)cc1Cl. The number of phenols is 1. The zero-order valence-electron chi connectivity index (χ0n) is 9.69. The van der Waals surface area contributed by atoms with Crippen molar-refractivity contribution >= 4 is 11.6 Å². The Bertz CT molecular complexity index is 384. The lowest BCUT2D eigenvalue weighted by atomic mass is 10.1. The topological polar surface area (TPSA) is 52.5 Å². The fourth-order valence-corrected chi connectivity index (χ4v) is 2.52. The first-order valence-electron chi connectivity index (χ1n) is 6.03. The van der Waals surface area contributed by atoms with Crippen molar-refractivity contribution in [3.63, 3.8) is 0 Å². The summed E-state index contributed by atoms with van der Waals surface area (Å²) in [7, 11) is 0. The molecule has 0 radical (unpaired) electrons. The predicted molar refractivity (Wildman–Crippen MR) is 68.2 cm³/mol. The quantitative estimate of drug-likeness (QED) is 0.774. The monoisotopic (exact) mass is 255 g/mol. The first kappa shape index (κ1) is 12.7. The third kappa shape index (κ3) is 3.35. The number of halogens is 1. The number of aliphatic hydroxyl groups excluding tert-OH is 1. The molecule has 17 heavy (non-hydrogen) atoms. The molecule has 0 aromatic heterocycles. The molecule has 1 aromatic rings. The molecule has 0 bridgehead atoms. The fourth-order valence-electron chi connectivity index (χ4n) is 2.32. The highest BCUT2D eigenvalue weighted by Gasteiger charge is 2.24. The van der Waals surface area contributed by atoms with Crippen LogP contribution in [-0.2, 0) is 6.54 Å². The van der Waals surface area contributed by atoms with Crippen LogP contribution >= 0.6 is 11.6 Å². The fraction of sp³-hybridized carbons (Fsp3) is 0.538. The molecule has 0 saturated heterocycles. The van der Waals surface area contributed by atoms with Gasteiger partial charge in [0, 0.05) is 13.1 Å². The van der Waals surface area contributed by atoms with E-state index in [9.17, 15) is 10.2 Å². The first-order chi connectivity index (χ1) is 8.16. The molecule has 2 unspecified atom stereocenters. The van der Waals surface area contributed by atoms with Gasteiger partial charge in [-0.3, -0.25) is 0 Å². The van der Waals surface area contributed by atoms with Crippen molar-refractivity contribution in [3.05, 3.63) is 28.8 Å². The van der Waals surface area contributed by atoms with Gasteiger partial charge in [0.05, 0.1) is 11.1 Å². The highest BCUT2D eigenvalue weighted by Crippen LogP contribution is 2.25. The zero-order chi connectivity index (χ0) is 12.3. The van der Waals surface area contributed by atoms with Crippen LogP contribution in [0.1, 0.15) is 24.8 Å². The van der Waals surface area contributed by atoms with E-state index >= 15 is 0 Å². The van der Waals surface area contributed by atoms with Crippen LogP contribution in [0.4, 0.5) is 0 Å². The van der Waals surface area contributed by atoms with Crippen molar-refractivity contribution in [1.29, 1.82) is 0 Å². The summed E-state index contributed by atoms with van der Waals surface area (Å²) in [5.41, 5.74) is 1.04. The largest absolute Gasteiger partial charge is 0.506 e. The molecule has 94 valence electrons. The van der Waals surface area contributed by atoms with E-state index in [4.69, 9.17) is 11.6 Å². The first-order valence-corrected chi connectivity index (χ1v) is 6.41. The molecule has 1 aliphatic carbocycles. The number of benzene rings is 1. The minimum atomic E-state index is -0.147. The van der Waals surface area contributed by atoms with Crippen LogP contribution in [0.25, 0.3) is 0 Å². The van der Waals surface area contributed by atoms with Gasteiger partial charge in [0.25, 0.3) is 0 Å². The summed E-state index contributed by atoms with van der Waals surface area (Å²) in [4.78, 5) is 0. The molecular weight excluding hydrogens is 238 g/mol. The maximum absolute atomic E-state index is 9.67. The number of nitrogens with one attached hydrogen (secondary N) is 1. The molecule has 0 amide bonds. The van der Waals surface area contributed by atoms with Gasteiger partial charge in [0.15, 0.2) is 0 Å². The van der Waals surface area contributed by atoms with Crippen molar-refractivity contribution in [2.75, 3.05) is 6.54 Å². The summed E-state index contributed by atoms with van der Waals surface area (Å²) in [6.07, 6.45) is 3.01. The minimum absolute atomic E-state index is 0.113. The Hall–Kier alpha value is -0.770. The highest BCUT2D eigenvalue weighted by atomic mass is 35.5. The van der Waals surface area contributed by atoms with Crippen molar-refractivity contribution in [3.8, 4) is 5.75 Å². The molecule has 1 fully saturated rings. The van der Waals surface area contributed by atoms with Crippen molar-refractivity contribution in [2.45, 2.75) is 31.9 Å². The van der Waals surface area contributed by atoms with Crippen LogP contribution < -0.4 is 5.32 Å². The van der Waals surface area contributed by atoms with E-state index in [1.165, 1.54) is 0 Å². The second-order valence-corrected chi connectivity index (χ2v) is 5.08. The lowest BCUT2D eigenvalue weighted by molar-refractivity contribution is 0.131. The van der Waals surface area contributed by atoms with Gasteiger partial charge < -0.3 is 15.5 Å². The van der Waals surface area contributed by atoms with Gasteiger partial charge in [-0.05, 0) is 36.5 Å².